The van der Waals surface area contributed by atoms with Gasteiger partial charge in [-0.2, -0.15) is 0 Å². The van der Waals surface area contributed by atoms with Crippen LogP contribution in [0.15, 0.2) is 138 Å². The SMILES string of the molecule is c1ccc(-c2nc(-c3ccccc3)nc(-c3cccc(-c4c5ccccc5n5c4oc4ccccc45)c3)n2)cc1. The molecular weight excluding hydrogens is 492 g/mol. The predicted molar refractivity (Wildman–Crippen MR) is 160 cm³/mol. The highest BCUT2D eigenvalue weighted by Gasteiger charge is 2.20. The summed E-state index contributed by atoms with van der Waals surface area (Å²) in [6, 6.07) is 45.0. The van der Waals surface area contributed by atoms with Gasteiger partial charge in [-0.1, -0.05) is 109 Å². The van der Waals surface area contributed by atoms with E-state index in [1.54, 1.807) is 0 Å². The molecule has 5 nitrogen and oxygen atoms in total. The van der Waals surface area contributed by atoms with Gasteiger partial charge in [-0.3, -0.25) is 4.40 Å². The first-order chi connectivity index (χ1) is 19.8. The lowest BCUT2D eigenvalue weighted by molar-refractivity contribution is 0.658. The molecule has 0 saturated carbocycles. The molecule has 0 saturated heterocycles. The molecule has 0 unspecified atom stereocenters. The van der Waals surface area contributed by atoms with Gasteiger partial charge >= 0.3 is 0 Å². The number of hydrogen-bond acceptors (Lipinski definition) is 4. The summed E-state index contributed by atoms with van der Waals surface area (Å²) in [5, 5.41) is 1.13. The maximum Gasteiger partial charge on any atom is 0.213 e. The molecule has 0 spiro atoms. The fourth-order valence-corrected chi connectivity index (χ4v) is 5.42. The molecule has 0 aliphatic heterocycles. The smallest absolute Gasteiger partial charge is 0.213 e. The first-order valence-electron chi connectivity index (χ1n) is 13.2. The van der Waals surface area contributed by atoms with Gasteiger partial charge in [0, 0.05) is 22.1 Å². The van der Waals surface area contributed by atoms with Crippen molar-refractivity contribution in [2.75, 3.05) is 0 Å². The second-order valence-electron chi connectivity index (χ2n) is 9.72. The maximum absolute atomic E-state index is 6.44. The van der Waals surface area contributed by atoms with Gasteiger partial charge in [0.05, 0.1) is 16.6 Å². The van der Waals surface area contributed by atoms with Crippen molar-refractivity contribution < 1.29 is 4.42 Å². The summed E-state index contributed by atoms with van der Waals surface area (Å²) in [5.74, 6) is 1.91. The quantitative estimate of drug-likeness (QED) is 0.236. The molecule has 0 atom stereocenters. The summed E-state index contributed by atoms with van der Waals surface area (Å²) in [4.78, 5) is 14.7. The number of para-hydroxylation sites is 3. The zero-order valence-electron chi connectivity index (χ0n) is 21.4. The van der Waals surface area contributed by atoms with Crippen LogP contribution < -0.4 is 0 Å². The Bertz CT molecular complexity index is 2100. The molecule has 8 rings (SSSR count). The standard InChI is InChI=1S/C35H22N4O/c1-3-12-23(13-4-1)32-36-33(24-14-5-2-6-15-24)38-34(37-32)26-17-11-16-25(22-26)31-27-18-7-8-19-28(27)39-29-20-9-10-21-30(29)40-35(31)39/h1-22H. The van der Waals surface area contributed by atoms with Crippen LogP contribution in [-0.2, 0) is 0 Å². The Morgan fingerprint density at radius 1 is 0.450 bits per heavy atom. The summed E-state index contributed by atoms with van der Waals surface area (Å²) >= 11 is 0. The molecule has 40 heavy (non-hydrogen) atoms. The molecule has 0 radical (unpaired) electrons. The topological polar surface area (TPSA) is 56.2 Å². The van der Waals surface area contributed by atoms with Gasteiger partial charge in [-0.05, 0) is 29.8 Å². The van der Waals surface area contributed by atoms with E-state index in [2.05, 4.69) is 59.0 Å². The van der Waals surface area contributed by atoms with Crippen molar-refractivity contribution >= 4 is 27.7 Å². The van der Waals surface area contributed by atoms with E-state index in [1.165, 1.54) is 0 Å². The van der Waals surface area contributed by atoms with Gasteiger partial charge in [0.15, 0.2) is 23.1 Å². The van der Waals surface area contributed by atoms with E-state index in [9.17, 15) is 0 Å². The lowest BCUT2D eigenvalue weighted by Gasteiger charge is -2.09. The Labute approximate surface area is 230 Å². The molecule has 3 aromatic heterocycles. The van der Waals surface area contributed by atoms with Crippen molar-refractivity contribution in [1.82, 2.24) is 19.4 Å². The molecular formula is C35H22N4O. The Morgan fingerprint density at radius 2 is 0.975 bits per heavy atom. The number of oxazole rings is 1. The first kappa shape index (κ1) is 22.4. The average Bonchev–Trinajstić information content (AvgIpc) is 3.56. The largest absolute Gasteiger partial charge is 0.438 e. The number of nitrogens with zero attached hydrogens (tertiary/aromatic N) is 4. The number of aromatic nitrogens is 4. The van der Waals surface area contributed by atoms with Crippen molar-refractivity contribution in [1.29, 1.82) is 0 Å². The minimum atomic E-state index is 0.624. The van der Waals surface area contributed by atoms with Crippen LogP contribution in [0.2, 0.25) is 0 Å². The minimum absolute atomic E-state index is 0.624. The summed E-state index contributed by atoms with van der Waals surface area (Å²) in [5.41, 5.74) is 8.74. The monoisotopic (exact) mass is 514 g/mol. The number of hydrogen-bond donors (Lipinski definition) is 0. The lowest BCUT2D eigenvalue weighted by Crippen LogP contribution is -2.00. The minimum Gasteiger partial charge on any atom is -0.438 e. The summed E-state index contributed by atoms with van der Waals surface area (Å²) in [6.45, 7) is 0. The van der Waals surface area contributed by atoms with Crippen molar-refractivity contribution in [3.63, 3.8) is 0 Å². The number of rotatable bonds is 4. The summed E-state index contributed by atoms with van der Waals surface area (Å²) < 4.78 is 8.65. The number of benzene rings is 5. The Kier molecular flexibility index (Phi) is 5.07. The zero-order valence-corrected chi connectivity index (χ0v) is 21.4. The van der Waals surface area contributed by atoms with Gasteiger partial charge in [0.25, 0.3) is 0 Å². The van der Waals surface area contributed by atoms with E-state index in [1.807, 2.05) is 78.9 Å². The van der Waals surface area contributed by atoms with E-state index in [0.717, 1.165) is 55.5 Å². The van der Waals surface area contributed by atoms with Crippen molar-refractivity contribution in [2.24, 2.45) is 0 Å². The van der Waals surface area contributed by atoms with E-state index in [4.69, 9.17) is 19.4 Å². The van der Waals surface area contributed by atoms with Crippen LogP contribution in [0.3, 0.4) is 0 Å². The molecule has 0 N–H and O–H groups in total. The molecule has 0 fully saturated rings. The van der Waals surface area contributed by atoms with E-state index >= 15 is 0 Å². The fraction of sp³-hybridized carbons (Fsp3) is 0. The van der Waals surface area contributed by atoms with Crippen molar-refractivity contribution in [2.45, 2.75) is 0 Å². The van der Waals surface area contributed by atoms with Crippen molar-refractivity contribution in [3.05, 3.63) is 133 Å². The lowest BCUT2D eigenvalue weighted by atomic mass is 10.0. The third-order valence-electron chi connectivity index (χ3n) is 7.25. The molecule has 0 amide bonds. The molecule has 0 aliphatic rings. The molecule has 188 valence electrons. The van der Waals surface area contributed by atoms with Crippen LogP contribution in [0.25, 0.3) is 73.0 Å². The van der Waals surface area contributed by atoms with Gasteiger partial charge in [0.2, 0.25) is 5.71 Å². The second-order valence-corrected chi connectivity index (χ2v) is 9.72. The molecule has 3 heterocycles. The highest BCUT2D eigenvalue weighted by molar-refractivity contribution is 6.07. The number of fused-ring (bicyclic) bond motifs is 5. The second kappa shape index (κ2) is 9.03. The van der Waals surface area contributed by atoms with Gasteiger partial charge in [0.1, 0.15) is 0 Å². The molecule has 0 aliphatic carbocycles. The maximum atomic E-state index is 6.44. The normalized spacial score (nSPS) is 11.5. The fourth-order valence-electron chi connectivity index (χ4n) is 5.42. The Hall–Kier alpha value is -5.55. The van der Waals surface area contributed by atoms with Crippen LogP contribution in [0, 0.1) is 0 Å². The zero-order chi connectivity index (χ0) is 26.5. The highest BCUT2D eigenvalue weighted by atomic mass is 16.3. The molecule has 5 aromatic carbocycles. The Balaban J connectivity index is 1.35. The average molecular weight is 515 g/mol. The summed E-state index contributed by atoms with van der Waals surface area (Å²) in [7, 11) is 0. The third-order valence-corrected chi connectivity index (χ3v) is 7.25. The Morgan fingerprint density at radius 3 is 1.68 bits per heavy atom. The highest BCUT2D eigenvalue weighted by Crippen LogP contribution is 2.40. The van der Waals surface area contributed by atoms with Crippen LogP contribution in [0.1, 0.15) is 0 Å². The van der Waals surface area contributed by atoms with Gasteiger partial charge in [-0.25, -0.2) is 15.0 Å². The molecule has 0 bridgehead atoms. The van der Waals surface area contributed by atoms with E-state index < -0.39 is 0 Å². The van der Waals surface area contributed by atoms with E-state index in [0.29, 0.717) is 17.5 Å². The molecule has 5 heteroatoms. The van der Waals surface area contributed by atoms with Crippen LogP contribution in [0.4, 0.5) is 0 Å². The predicted octanol–water partition coefficient (Wildman–Crippen LogP) is 8.69. The third kappa shape index (κ3) is 3.60. The van der Waals surface area contributed by atoms with Crippen LogP contribution >= 0.6 is 0 Å². The van der Waals surface area contributed by atoms with Crippen molar-refractivity contribution in [3.8, 4) is 45.3 Å². The van der Waals surface area contributed by atoms with Crippen LogP contribution in [0.5, 0.6) is 0 Å². The first-order valence-corrected chi connectivity index (χ1v) is 13.2. The van der Waals surface area contributed by atoms with Gasteiger partial charge < -0.3 is 4.42 Å². The van der Waals surface area contributed by atoms with Gasteiger partial charge in [-0.15, -0.1) is 0 Å². The molecule has 8 aromatic rings. The van der Waals surface area contributed by atoms with Crippen LogP contribution in [-0.4, -0.2) is 19.4 Å². The summed E-state index contributed by atoms with van der Waals surface area (Å²) in [6.07, 6.45) is 0. The van der Waals surface area contributed by atoms with E-state index in [-0.39, 0.29) is 0 Å².